The molecule has 0 fully saturated rings. The molecule has 102 valence electrons. The first-order chi connectivity index (χ1) is 9.49. The molecule has 20 heavy (non-hydrogen) atoms. The van der Waals surface area contributed by atoms with Crippen molar-refractivity contribution in [2.45, 2.75) is 0 Å². The Hall–Kier alpha value is -2.96. The molecule has 0 aliphatic heterocycles. The average molecular weight is 275 g/mol. The number of carboxylic acid groups (broad SMARTS) is 1. The number of aromatic nitrogens is 1. The molecular weight excluding hydrogens is 265 g/mol. The molecule has 0 saturated heterocycles. The van der Waals surface area contributed by atoms with Crippen LogP contribution in [0.25, 0.3) is 0 Å². The monoisotopic (exact) mass is 275 g/mol. The molecule has 1 amide bonds. The zero-order chi connectivity index (χ0) is 14.7. The van der Waals surface area contributed by atoms with Crippen LogP contribution in [0.15, 0.2) is 36.5 Å². The van der Waals surface area contributed by atoms with E-state index >= 15 is 0 Å². The van der Waals surface area contributed by atoms with E-state index < -0.39 is 23.3 Å². The maximum atomic E-state index is 13.8. The van der Waals surface area contributed by atoms with Crippen molar-refractivity contribution < 1.29 is 19.1 Å². The highest BCUT2D eigenvalue weighted by Crippen LogP contribution is 2.20. The first-order valence-corrected chi connectivity index (χ1v) is 5.53. The third-order valence-electron chi connectivity index (χ3n) is 2.55. The number of nitrogens with one attached hydrogen (secondary N) is 1. The molecule has 0 unspecified atom stereocenters. The van der Waals surface area contributed by atoms with Crippen molar-refractivity contribution in [2.24, 2.45) is 5.73 Å². The van der Waals surface area contributed by atoms with Crippen molar-refractivity contribution in [3.8, 4) is 0 Å². The third-order valence-corrected chi connectivity index (χ3v) is 2.55. The summed E-state index contributed by atoms with van der Waals surface area (Å²) in [6.45, 7) is 0. The van der Waals surface area contributed by atoms with Gasteiger partial charge in [0, 0.05) is 17.4 Å². The summed E-state index contributed by atoms with van der Waals surface area (Å²) in [5.41, 5.74) is 5.38. The minimum Gasteiger partial charge on any atom is -0.478 e. The van der Waals surface area contributed by atoms with Crippen LogP contribution in [0.2, 0.25) is 0 Å². The molecule has 0 saturated carbocycles. The van der Waals surface area contributed by atoms with Gasteiger partial charge in [0.1, 0.15) is 5.56 Å². The SMILES string of the molecule is NC(=O)c1ccc(Nc2nccc(C(=O)O)c2F)cc1. The van der Waals surface area contributed by atoms with Crippen molar-refractivity contribution in [3.63, 3.8) is 0 Å². The van der Waals surface area contributed by atoms with Crippen molar-refractivity contribution in [1.82, 2.24) is 4.98 Å². The fourth-order valence-electron chi connectivity index (χ4n) is 1.55. The Balaban J connectivity index is 2.28. The van der Waals surface area contributed by atoms with E-state index in [1.807, 2.05) is 0 Å². The van der Waals surface area contributed by atoms with Gasteiger partial charge >= 0.3 is 5.97 Å². The van der Waals surface area contributed by atoms with Crippen LogP contribution in [0.4, 0.5) is 15.9 Å². The molecule has 0 radical (unpaired) electrons. The van der Waals surface area contributed by atoms with Gasteiger partial charge in [0.05, 0.1) is 0 Å². The number of nitrogens with two attached hydrogens (primary N) is 1. The van der Waals surface area contributed by atoms with Gasteiger partial charge in [-0.25, -0.2) is 14.2 Å². The largest absolute Gasteiger partial charge is 0.478 e. The molecule has 1 aromatic carbocycles. The maximum absolute atomic E-state index is 13.8. The van der Waals surface area contributed by atoms with Gasteiger partial charge < -0.3 is 16.2 Å². The van der Waals surface area contributed by atoms with E-state index in [9.17, 15) is 14.0 Å². The number of carboxylic acids is 1. The van der Waals surface area contributed by atoms with E-state index in [1.165, 1.54) is 30.5 Å². The van der Waals surface area contributed by atoms with Gasteiger partial charge in [-0.15, -0.1) is 0 Å². The minimum atomic E-state index is -1.38. The third kappa shape index (κ3) is 2.72. The molecule has 1 aromatic heterocycles. The molecule has 7 heteroatoms. The highest BCUT2D eigenvalue weighted by atomic mass is 19.1. The van der Waals surface area contributed by atoms with E-state index in [4.69, 9.17) is 10.8 Å². The Morgan fingerprint density at radius 3 is 2.40 bits per heavy atom. The van der Waals surface area contributed by atoms with E-state index in [1.54, 1.807) is 0 Å². The lowest BCUT2D eigenvalue weighted by atomic mass is 10.2. The lowest BCUT2D eigenvalue weighted by Crippen LogP contribution is -2.10. The number of pyridine rings is 1. The number of amides is 1. The first kappa shape index (κ1) is 13.5. The van der Waals surface area contributed by atoms with E-state index in [0.717, 1.165) is 6.07 Å². The molecule has 1 heterocycles. The summed E-state index contributed by atoms with van der Waals surface area (Å²) in [4.78, 5) is 25.4. The number of primary amides is 1. The van der Waals surface area contributed by atoms with Gasteiger partial charge in [0.25, 0.3) is 0 Å². The second-order valence-corrected chi connectivity index (χ2v) is 3.89. The van der Waals surface area contributed by atoms with Gasteiger partial charge in [0.15, 0.2) is 11.6 Å². The second kappa shape index (κ2) is 5.35. The topological polar surface area (TPSA) is 105 Å². The first-order valence-electron chi connectivity index (χ1n) is 5.53. The van der Waals surface area contributed by atoms with E-state index in [2.05, 4.69) is 10.3 Å². The van der Waals surface area contributed by atoms with Gasteiger partial charge in [-0.05, 0) is 30.3 Å². The molecule has 4 N–H and O–H groups in total. The Kier molecular flexibility index (Phi) is 3.60. The van der Waals surface area contributed by atoms with Crippen LogP contribution in [0.5, 0.6) is 0 Å². The maximum Gasteiger partial charge on any atom is 0.338 e. The number of nitrogens with zero attached hydrogens (tertiary/aromatic N) is 1. The van der Waals surface area contributed by atoms with Crippen LogP contribution in [0.1, 0.15) is 20.7 Å². The van der Waals surface area contributed by atoms with Crippen molar-refractivity contribution >= 4 is 23.4 Å². The summed E-state index contributed by atoms with van der Waals surface area (Å²) in [6, 6.07) is 7.01. The van der Waals surface area contributed by atoms with Crippen LogP contribution >= 0.6 is 0 Å². The molecular formula is C13H10FN3O3. The van der Waals surface area contributed by atoms with Crippen LogP contribution in [0.3, 0.4) is 0 Å². The number of benzene rings is 1. The Bertz CT molecular complexity index is 671. The number of aromatic carboxylic acids is 1. The fourth-order valence-corrected chi connectivity index (χ4v) is 1.55. The highest BCUT2D eigenvalue weighted by molar-refractivity contribution is 5.93. The predicted molar refractivity (Wildman–Crippen MR) is 69.4 cm³/mol. The summed E-state index contributed by atoms with van der Waals surface area (Å²) >= 11 is 0. The lowest BCUT2D eigenvalue weighted by molar-refractivity contribution is 0.0691. The van der Waals surface area contributed by atoms with Crippen LogP contribution in [-0.2, 0) is 0 Å². The standard InChI is InChI=1S/C13H10FN3O3/c14-10-9(13(19)20)5-6-16-12(10)17-8-3-1-7(2-4-8)11(15)18/h1-6H,(H2,15,18)(H,16,17)(H,19,20). The van der Waals surface area contributed by atoms with Crippen molar-refractivity contribution in [1.29, 1.82) is 0 Å². The molecule has 0 spiro atoms. The molecule has 2 rings (SSSR count). The average Bonchev–Trinajstić information content (AvgIpc) is 2.41. The highest BCUT2D eigenvalue weighted by Gasteiger charge is 2.15. The van der Waals surface area contributed by atoms with Crippen LogP contribution < -0.4 is 11.1 Å². The molecule has 2 aromatic rings. The number of hydrogen-bond donors (Lipinski definition) is 3. The lowest BCUT2D eigenvalue weighted by Gasteiger charge is -2.08. The summed E-state index contributed by atoms with van der Waals surface area (Å²) in [5, 5.41) is 11.4. The summed E-state index contributed by atoms with van der Waals surface area (Å²) in [6.07, 6.45) is 1.19. The number of halogens is 1. The molecule has 0 aliphatic rings. The second-order valence-electron chi connectivity index (χ2n) is 3.89. The van der Waals surface area contributed by atoms with Gasteiger partial charge in [0.2, 0.25) is 5.91 Å². The summed E-state index contributed by atoms with van der Waals surface area (Å²) in [7, 11) is 0. The Morgan fingerprint density at radius 2 is 1.85 bits per heavy atom. The van der Waals surface area contributed by atoms with Crippen molar-refractivity contribution in [2.75, 3.05) is 5.32 Å². The van der Waals surface area contributed by atoms with Gasteiger partial charge in [-0.1, -0.05) is 0 Å². The normalized spacial score (nSPS) is 10.1. The van der Waals surface area contributed by atoms with E-state index in [0.29, 0.717) is 11.3 Å². The minimum absolute atomic E-state index is 0.211. The van der Waals surface area contributed by atoms with E-state index in [-0.39, 0.29) is 5.82 Å². The number of rotatable bonds is 4. The Morgan fingerprint density at radius 1 is 1.20 bits per heavy atom. The Labute approximate surface area is 113 Å². The zero-order valence-corrected chi connectivity index (χ0v) is 10.1. The van der Waals surface area contributed by atoms with Gasteiger partial charge in [-0.3, -0.25) is 4.79 Å². The summed E-state index contributed by atoms with van der Waals surface area (Å²) < 4.78 is 13.8. The van der Waals surface area contributed by atoms with Crippen LogP contribution in [-0.4, -0.2) is 22.0 Å². The quantitative estimate of drug-likeness (QED) is 0.788. The van der Waals surface area contributed by atoms with Crippen molar-refractivity contribution in [3.05, 3.63) is 53.5 Å². The smallest absolute Gasteiger partial charge is 0.338 e. The van der Waals surface area contributed by atoms with Crippen LogP contribution in [0, 0.1) is 5.82 Å². The molecule has 6 nitrogen and oxygen atoms in total. The zero-order valence-electron chi connectivity index (χ0n) is 10.1. The predicted octanol–water partition coefficient (Wildman–Crippen LogP) is 1.76. The molecule has 0 atom stereocenters. The number of hydrogen-bond acceptors (Lipinski definition) is 4. The fraction of sp³-hybridized carbons (Fsp3) is 0. The summed E-state index contributed by atoms with van der Waals surface area (Å²) in [5.74, 6) is -3.12. The molecule has 0 aliphatic carbocycles. The number of carbonyl (C=O) groups is 2. The number of anilines is 2. The number of carbonyl (C=O) groups excluding carboxylic acids is 1. The van der Waals surface area contributed by atoms with Gasteiger partial charge in [-0.2, -0.15) is 0 Å². The molecule has 0 bridgehead atoms.